The van der Waals surface area contributed by atoms with Gasteiger partial charge in [-0.2, -0.15) is 0 Å². The van der Waals surface area contributed by atoms with Crippen molar-refractivity contribution in [1.29, 1.82) is 0 Å². The summed E-state index contributed by atoms with van der Waals surface area (Å²) >= 11 is 0. The van der Waals surface area contributed by atoms with E-state index >= 15 is 0 Å². The Bertz CT molecular complexity index is 496. The number of aryl methyl sites for hydroxylation is 1. The summed E-state index contributed by atoms with van der Waals surface area (Å²) in [6.45, 7) is 5.07. The number of aromatic nitrogens is 3. The first kappa shape index (κ1) is 11.5. The third-order valence-corrected chi connectivity index (χ3v) is 2.51. The van der Waals surface area contributed by atoms with Gasteiger partial charge in [0.15, 0.2) is 0 Å². The topological polar surface area (TPSA) is 50.7 Å². The van der Waals surface area contributed by atoms with Crippen LogP contribution in [0.4, 0.5) is 5.82 Å². The Labute approximate surface area is 101 Å². The van der Waals surface area contributed by atoms with E-state index in [0.29, 0.717) is 0 Å². The highest BCUT2D eigenvalue weighted by Crippen LogP contribution is 2.20. The van der Waals surface area contributed by atoms with Crippen LogP contribution in [-0.4, -0.2) is 21.5 Å². The van der Waals surface area contributed by atoms with Gasteiger partial charge in [-0.1, -0.05) is 6.92 Å². The monoisotopic (exact) mass is 228 g/mol. The molecule has 0 aliphatic rings. The van der Waals surface area contributed by atoms with Crippen molar-refractivity contribution in [2.24, 2.45) is 0 Å². The summed E-state index contributed by atoms with van der Waals surface area (Å²) in [5, 5.41) is 3.23. The van der Waals surface area contributed by atoms with Crippen molar-refractivity contribution in [1.82, 2.24) is 15.0 Å². The van der Waals surface area contributed by atoms with Gasteiger partial charge in [0, 0.05) is 24.5 Å². The zero-order valence-corrected chi connectivity index (χ0v) is 10.1. The van der Waals surface area contributed by atoms with Gasteiger partial charge in [-0.05, 0) is 25.0 Å². The fourth-order valence-corrected chi connectivity index (χ4v) is 1.57. The van der Waals surface area contributed by atoms with Gasteiger partial charge in [-0.3, -0.25) is 9.97 Å². The lowest BCUT2D eigenvalue weighted by Gasteiger charge is -2.07. The molecule has 0 unspecified atom stereocenters. The van der Waals surface area contributed by atoms with Crippen LogP contribution in [0.15, 0.2) is 30.9 Å². The van der Waals surface area contributed by atoms with Crippen molar-refractivity contribution in [3.8, 4) is 11.3 Å². The molecule has 0 radical (unpaired) electrons. The molecule has 0 saturated carbocycles. The van der Waals surface area contributed by atoms with Gasteiger partial charge < -0.3 is 5.32 Å². The van der Waals surface area contributed by atoms with Crippen LogP contribution < -0.4 is 5.32 Å². The minimum absolute atomic E-state index is 0.813. The second kappa shape index (κ2) is 5.39. The molecule has 0 aromatic carbocycles. The number of hydrogen-bond acceptors (Lipinski definition) is 4. The maximum absolute atomic E-state index is 4.53. The molecule has 2 rings (SSSR count). The highest BCUT2D eigenvalue weighted by Gasteiger charge is 2.04. The van der Waals surface area contributed by atoms with E-state index in [2.05, 4.69) is 27.2 Å². The molecule has 4 heteroatoms. The molecule has 2 aromatic heterocycles. The van der Waals surface area contributed by atoms with E-state index in [0.717, 1.165) is 35.6 Å². The first-order valence-corrected chi connectivity index (χ1v) is 5.78. The van der Waals surface area contributed by atoms with E-state index in [-0.39, 0.29) is 0 Å². The molecular formula is C13H16N4. The van der Waals surface area contributed by atoms with Gasteiger partial charge in [0.25, 0.3) is 0 Å². The second-order valence-corrected chi connectivity index (χ2v) is 3.91. The van der Waals surface area contributed by atoms with Crippen LogP contribution in [0, 0.1) is 6.92 Å². The number of rotatable bonds is 4. The van der Waals surface area contributed by atoms with Crippen LogP contribution in [0.3, 0.4) is 0 Å². The summed E-state index contributed by atoms with van der Waals surface area (Å²) < 4.78 is 0. The first-order chi connectivity index (χ1) is 8.31. The van der Waals surface area contributed by atoms with Crippen molar-refractivity contribution >= 4 is 5.82 Å². The molecule has 0 atom stereocenters. The molecule has 0 spiro atoms. The maximum atomic E-state index is 4.53. The van der Waals surface area contributed by atoms with Gasteiger partial charge in [0.05, 0.1) is 18.1 Å². The van der Waals surface area contributed by atoms with Crippen molar-refractivity contribution in [2.45, 2.75) is 20.3 Å². The van der Waals surface area contributed by atoms with Crippen LogP contribution >= 0.6 is 0 Å². The summed E-state index contributed by atoms with van der Waals surface area (Å²) in [5.41, 5.74) is 3.04. The molecular weight excluding hydrogens is 212 g/mol. The van der Waals surface area contributed by atoms with E-state index in [1.807, 2.05) is 19.2 Å². The molecule has 0 aliphatic carbocycles. The van der Waals surface area contributed by atoms with Gasteiger partial charge in [0.2, 0.25) is 0 Å². The zero-order valence-electron chi connectivity index (χ0n) is 10.1. The summed E-state index contributed by atoms with van der Waals surface area (Å²) in [4.78, 5) is 12.9. The molecule has 1 N–H and O–H groups in total. The number of nitrogens with one attached hydrogen (secondary N) is 1. The van der Waals surface area contributed by atoms with Crippen LogP contribution in [0.1, 0.15) is 18.9 Å². The normalized spacial score (nSPS) is 10.2. The molecule has 2 heterocycles. The summed E-state index contributed by atoms with van der Waals surface area (Å²) in [7, 11) is 0. The quantitative estimate of drug-likeness (QED) is 0.874. The molecule has 2 aromatic rings. The number of pyridine rings is 1. The fraction of sp³-hybridized carbons (Fsp3) is 0.308. The van der Waals surface area contributed by atoms with Crippen LogP contribution in [0.25, 0.3) is 11.3 Å². The number of anilines is 1. The maximum Gasteiger partial charge on any atom is 0.145 e. The average Bonchev–Trinajstić information content (AvgIpc) is 2.37. The van der Waals surface area contributed by atoms with Crippen molar-refractivity contribution in [3.05, 3.63) is 36.4 Å². The van der Waals surface area contributed by atoms with E-state index in [1.54, 1.807) is 18.6 Å². The third kappa shape index (κ3) is 2.78. The average molecular weight is 228 g/mol. The highest BCUT2D eigenvalue weighted by molar-refractivity contribution is 5.62. The predicted octanol–water partition coefficient (Wildman–Crippen LogP) is 2.67. The standard InChI is InChI=1S/C13H16N4/c1-3-5-16-13-9-15-8-12(17-13)11-7-14-6-4-10(11)2/h4,6-9H,3,5H2,1-2H3,(H,16,17). The summed E-state index contributed by atoms with van der Waals surface area (Å²) in [6, 6.07) is 1.98. The van der Waals surface area contributed by atoms with Gasteiger partial charge >= 0.3 is 0 Å². The number of hydrogen-bond donors (Lipinski definition) is 1. The van der Waals surface area contributed by atoms with Crippen LogP contribution in [0.5, 0.6) is 0 Å². The first-order valence-electron chi connectivity index (χ1n) is 5.78. The SMILES string of the molecule is CCCNc1cncc(-c2cnccc2C)n1. The summed E-state index contributed by atoms with van der Waals surface area (Å²) in [5.74, 6) is 0.813. The third-order valence-electron chi connectivity index (χ3n) is 2.51. The Kier molecular flexibility index (Phi) is 3.65. The van der Waals surface area contributed by atoms with E-state index in [1.165, 1.54) is 0 Å². The molecule has 88 valence electrons. The Hall–Kier alpha value is -1.97. The minimum Gasteiger partial charge on any atom is -0.369 e. The van der Waals surface area contributed by atoms with E-state index in [4.69, 9.17) is 0 Å². The van der Waals surface area contributed by atoms with Crippen molar-refractivity contribution in [2.75, 3.05) is 11.9 Å². The van der Waals surface area contributed by atoms with Gasteiger partial charge in [-0.25, -0.2) is 4.98 Å². The van der Waals surface area contributed by atoms with Crippen LogP contribution in [0.2, 0.25) is 0 Å². The predicted molar refractivity (Wildman–Crippen MR) is 68.8 cm³/mol. The van der Waals surface area contributed by atoms with Crippen molar-refractivity contribution < 1.29 is 0 Å². The highest BCUT2D eigenvalue weighted by atomic mass is 15.0. The van der Waals surface area contributed by atoms with E-state index < -0.39 is 0 Å². The molecule has 0 amide bonds. The molecule has 0 fully saturated rings. The molecule has 0 bridgehead atoms. The Morgan fingerprint density at radius 1 is 1.18 bits per heavy atom. The Morgan fingerprint density at radius 2 is 2.06 bits per heavy atom. The second-order valence-electron chi connectivity index (χ2n) is 3.91. The Balaban J connectivity index is 2.30. The van der Waals surface area contributed by atoms with Gasteiger partial charge in [-0.15, -0.1) is 0 Å². The van der Waals surface area contributed by atoms with E-state index in [9.17, 15) is 0 Å². The molecule has 17 heavy (non-hydrogen) atoms. The molecule has 4 nitrogen and oxygen atoms in total. The van der Waals surface area contributed by atoms with Gasteiger partial charge in [0.1, 0.15) is 5.82 Å². The van der Waals surface area contributed by atoms with Crippen LogP contribution in [-0.2, 0) is 0 Å². The molecule has 0 aliphatic heterocycles. The lowest BCUT2D eigenvalue weighted by molar-refractivity contribution is 0.965. The fourth-order valence-electron chi connectivity index (χ4n) is 1.57. The number of nitrogens with zero attached hydrogens (tertiary/aromatic N) is 3. The smallest absolute Gasteiger partial charge is 0.145 e. The largest absolute Gasteiger partial charge is 0.369 e. The zero-order chi connectivity index (χ0) is 12.1. The summed E-state index contributed by atoms with van der Waals surface area (Å²) in [6.07, 6.45) is 8.18. The minimum atomic E-state index is 0.813. The lowest BCUT2D eigenvalue weighted by atomic mass is 10.1. The van der Waals surface area contributed by atoms with Crippen molar-refractivity contribution in [3.63, 3.8) is 0 Å². The lowest BCUT2D eigenvalue weighted by Crippen LogP contribution is -2.03. The Morgan fingerprint density at radius 3 is 2.82 bits per heavy atom. The molecule has 0 saturated heterocycles.